The summed E-state index contributed by atoms with van der Waals surface area (Å²) in [6, 6.07) is 14.2. The Kier molecular flexibility index (Phi) is 3.70. The molecule has 1 aromatic heterocycles. The van der Waals surface area contributed by atoms with Crippen molar-refractivity contribution in [2.45, 2.75) is 6.61 Å². The third-order valence-corrected chi connectivity index (χ3v) is 3.30. The number of carboxylic acids is 1. The van der Waals surface area contributed by atoms with E-state index < -0.39 is 5.97 Å². The molecule has 3 aromatic rings. The van der Waals surface area contributed by atoms with Gasteiger partial charge in [-0.3, -0.25) is 0 Å². The van der Waals surface area contributed by atoms with E-state index in [0.717, 1.165) is 0 Å². The molecule has 0 atom stereocenters. The van der Waals surface area contributed by atoms with Crippen molar-refractivity contribution in [2.24, 2.45) is 0 Å². The molecule has 0 unspecified atom stereocenters. The molecule has 0 aliphatic heterocycles. The summed E-state index contributed by atoms with van der Waals surface area (Å²) < 4.78 is 16.3. The van der Waals surface area contributed by atoms with Crippen LogP contribution < -0.4 is 9.47 Å². The number of hydrogen-bond acceptors (Lipinski definition) is 4. The Labute approximate surface area is 126 Å². The number of ether oxygens (including phenoxy) is 2. The van der Waals surface area contributed by atoms with Crippen LogP contribution in [-0.4, -0.2) is 18.2 Å². The zero-order valence-electron chi connectivity index (χ0n) is 11.9. The van der Waals surface area contributed by atoms with Crippen LogP contribution in [0.25, 0.3) is 11.0 Å². The summed E-state index contributed by atoms with van der Waals surface area (Å²) in [6.45, 7) is 0.0443. The molecule has 5 heteroatoms. The maximum absolute atomic E-state index is 11.6. The molecule has 0 radical (unpaired) electrons. The second-order valence-corrected chi connectivity index (χ2v) is 4.67. The van der Waals surface area contributed by atoms with E-state index in [1.807, 2.05) is 18.2 Å². The summed E-state index contributed by atoms with van der Waals surface area (Å²) in [5.41, 5.74) is 0.592. The van der Waals surface area contributed by atoms with Gasteiger partial charge in [0.15, 0.2) is 5.76 Å². The average Bonchev–Trinajstić information content (AvgIpc) is 2.91. The number of para-hydroxylation sites is 1. The monoisotopic (exact) mass is 298 g/mol. The Bertz CT molecular complexity index is 805. The van der Waals surface area contributed by atoms with Crippen LogP contribution in [0.3, 0.4) is 0 Å². The molecular weight excluding hydrogens is 284 g/mol. The first kappa shape index (κ1) is 14.0. The van der Waals surface area contributed by atoms with Gasteiger partial charge in [-0.15, -0.1) is 0 Å². The van der Waals surface area contributed by atoms with Gasteiger partial charge in [0.1, 0.15) is 29.3 Å². The van der Waals surface area contributed by atoms with Crippen molar-refractivity contribution in [1.29, 1.82) is 0 Å². The first-order valence-electron chi connectivity index (χ1n) is 6.69. The zero-order valence-corrected chi connectivity index (χ0v) is 11.9. The van der Waals surface area contributed by atoms with Crippen molar-refractivity contribution in [3.05, 3.63) is 59.9 Å². The van der Waals surface area contributed by atoms with Gasteiger partial charge in [0.25, 0.3) is 0 Å². The number of aromatic carboxylic acids is 1. The van der Waals surface area contributed by atoms with Crippen LogP contribution in [0, 0.1) is 0 Å². The maximum atomic E-state index is 11.6. The van der Waals surface area contributed by atoms with E-state index in [-0.39, 0.29) is 17.9 Å². The van der Waals surface area contributed by atoms with Gasteiger partial charge < -0.3 is 19.0 Å². The molecule has 22 heavy (non-hydrogen) atoms. The fourth-order valence-corrected chi connectivity index (χ4v) is 2.26. The van der Waals surface area contributed by atoms with Gasteiger partial charge >= 0.3 is 5.97 Å². The number of fused-ring (bicyclic) bond motifs is 1. The highest BCUT2D eigenvalue weighted by Crippen LogP contribution is 2.30. The number of carbonyl (C=O) groups is 1. The molecule has 0 amide bonds. The first-order chi connectivity index (χ1) is 10.7. The highest BCUT2D eigenvalue weighted by atomic mass is 16.5. The second kappa shape index (κ2) is 5.81. The van der Waals surface area contributed by atoms with E-state index in [9.17, 15) is 9.90 Å². The van der Waals surface area contributed by atoms with Gasteiger partial charge in [0.05, 0.1) is 7.11 Å². The number of furan rings is 1. The molecule has 0 spiro atoms. The van der Waals surface area contributed by atoms with Crippen LogP contribution in [0.15, 0.2) is 52.9 Å². The van der Waals surface area contributed by atoms with Crippen molar-refractivity contribution in [3.8, 4) is 11.5 Å². The lowest BCUT2D eigenvalue weighted by Crippen LogP contribution is -2.03. The summed E-state index contributed by atoms with van der Waals surface area (Å²) in [5, 5.41) is 9.96. The minimum atomic E-state index is -1.06. The normalized spacial score (nSPS) is 10.6. The third kappa shape index (κ3) is 2.61. The quantitative estimate of drug-likeness (QED) is 0.777. The van der Waals surface area contributed by atoms with Crippen molar-refractivity contribution in [2.75, 3.05) is 7.11 Å². The van der Waals surface area contributed by atoms with Crippen LogP contribution in [0.2, 0.25) is 0 Å². The molecule has 112 valence electrons. The third-order valence-electron chi connectivity index (χ3n) is 3.30. The first-order valence-corrected chi connectivity index (χ1v) is 6.69. The second-order valence-electron chi connectivity index (χ2n) is 4.67. The van der Waals surface area contributed by atoms with Crippen molar-refractivity contribution >= 4 is 16.9 Å². The van der Waals surface area contributed by atoms with Gasteiger partial charge in [-0.25, -0.2) is 4.79 Å². The predicted molar refractivity (Wildman–Crippen MR) is 80.5 cm³/mol. The summed E-state index contributed by atoms with van der Waals surface area (Å²) in [5.74, 6) is 0.446. The minimum Gasteiger partial charge on any atom is -0.497 e. The minimum absolute atomic E-state index is 0.0443. The van der Waals surface area contributed by atoms with Crippen LogP contribution in [-0.2, 0) is 6.61 Å². The molecule has 0 aliphatic rings. The number of rotatable bonds is 5. The average molecular weight is 298 g/mol. The zero-order chi connectivity index (χ0) is 15.5. The molecule has 5 nitrogen and oxygen atoms in total. The predicted octanol–water partition coefficient (Wildman–Crippen LogP) is 3.72. The Morgan fingerprint density at radius 2 is 1.91 bits per heavy atom. The van der Waals surface area contributed by atoms with E-state index >= 15 is 0 Å². The SMILES string of the molecule is COc1ccc2oc(COc3ccccc3)c(C(=O)O)c2c1. The van der Waals surface area contributed by atoms with E-state index in [1.165, 1.54) is 7.11 Å². The largest absolute Gasteiger partial charge is 0.497 e. The number of methoxy groups -OCH3 is 1. The molecule has 0 saturated heterocycles. The molecule has 1 N–H and O–H groups in total. The number of hydrogen-bond donors (Lipinski definition) is 1. The molecule has 0 saturated carbocycles. The smallest absolute Gasteiger partial charge is 0.340 e. The Balaban J connectivity index is 1.98. The molecule has 2 aromatic carbocycles. The van der Waals surface area contributed by atoms with E-state index in [1.54, 1.807) is 30.3 Å². The Morgan fingerprint density at radius 1 is 1.14 bits per heavy atom. The van der Waals surface area contributed by atoms with Crippen molar-refractivity contribution in [1.82, 2.24) is 0 Å². The summed E-state index contributed by atoms with van der Waals surface area (Å²) in [7, 11) is 1.53. The van der Waals surface area contributed by atoms with Gasteiger partial charge in [-0.05, 0) is 30.3 Å². The van der Waals surface area contributed by atoms with Gasteiger partial charge in [0, 0.05) is 5.39 Å². The lowest BCUT2D eigenvalue weighted by Gasteiger charge is -2.04. The number of carboxylic acid groups (broad SMARTS) is 1. The van der Waals surface area contributed by atoms with Crippen LogP contribution >= 0.6 is 0 Å². The lowest BCUT2D eigenvalue weighted by molar-refractivity contribution is 0.0693. The molecule has 0 bridgehead atoms. The van der Waals surface area contributed by atoms with E-state index in [4.69, 9.17) is 13.9 Å². The molecular formula is C17H14O5. The fraction of sp³-hybridized carbons (Fsp3) is 0.118. The summed E-state index contributed by atoms with van der Waals surface area (Å²) in [6.07, 6.45) is 0. The highest BCUT2D eigenvalue weighted by Gasteiger charge is 2.21. The van der Waals surface area contributed by atoms with Gasteiger partial charge in [-0.1, -0.05) is 18.2 Å². The van der Waals surface area contributed by atoms with E-state index in [2.05, 4.69) is 0 Å². The van der Waals surface area contributed by atoms with Crippen LogP contribution in [0.5, 0.6) is 11.5 Å². The van der Waals surface area contributed by atoms with E-state index in [0.29, 0.717) is 22.5 Å². The Hall–Kier alpha value is -2.95. The fourth-order valence-electron chi connectivity index (χ4n) is 2.26. The van der Waals surface area contributed by atoms with Crippen LogP contribution in [0.4, 0.5) is 0 Å². The standard InChI is InChI=1S/C17H14O5/c1-20-12-7-8-14-13(9-12)16(17(18)19)15(22-14)10-21-11-5-3-2-4-6-11/h2-9H,10H2,1H3,(H,18,19). The summed E-state index contributed by atoms with van der Waals surface area (Å²) in [4.78, 5) is 11.6. The number of benzene rings is 2. The molecule has 0 fully saturated rings. The Morgan fingerprint density at radius 3 is 2.59 bits per heavy atom. The highest BCUT2D eigenvalue weighted by molar-refractivity contribution is 6.04. The van der Waals surface area contributed by atoms with Crippen molar-refractivity contribution < 1.29 is 23.8 Å². The molecule has 0 aliphatic carbocycles. The van der Waals surface area contributed by atoms with Crippen LogP contribution in [0.1, 0.15) is 16.1 Å². The van der Waals surface area contributed by atoms with Crippen molar-refractivity contribution in [3.63, 3.8) is 0 Å². The molecule has 3 rings (SSSR count). The lowest BCUT2D eigenvalue weighted by atomic mass is 10.1. The van der Waals surface area contributed by atoms with Gasteiger partial charge in [-0.2, -0.15) is 0 Å². The topological polar surface area (TPSA) is 68.9 Å². The van der Waals surface area contributed by atoms with Gasteiger partial charge in [0.2, 0.25) is 0 Å². The maximum Gasteiger partial charge on any atom is 0.340 e. The molecule has 1 heterocycles. The summed E-state index contributed by atoms with van der Waals surface area (Å²) >= 11 is 0.